The lowest BCUT2D eigenvalue weighted by Gasteiger charge is -2.34. The summed E-state index contributed by atoms with van der Waals surface area (Å²) in [5.74, 6) is -0.169. The fraction of sp³-hybridized carbons (Fsp3) is 0.200. The molecular formula is C30H24ClFN2O4. The van der Waals surface area contributed by atoms with Gasteiger partial charge in [-0.25, -0.2) is 4.39 Å². The van der Waals surface area contributed by atoms with Crippen LogP contribution in [-0.4, -0.2) is 12.9 Å². The zero-order chi connectivity index (χ0) is 26.8. The lowest BCUT2D eigenvalue weighted by atomic mass is 9.73. The van der Waals surface area contributed by atoms with Crippen LogP contribution < -0.4 is 15.2 Å². The number of ketones is 1. The summed E-state index contributed by atoms with van der Waals surface area (Å²) >= 11 is 6.12. The number of hydrogen-bond acceptors (Lipinski definition) is 6. The van der Waals surface area contributed by atoms with E-state index in [0.29, 0.717) is 41.2 Å². The lowest BCUT2D eigenvalue weighted by Crippen LogP contribution is -2.29. The summed E-state index contributed by atoms with van der Waals surface area (Å²) in [6.07, 6.45) is 0.784. The number of rotatable bonds is 6. The zero-order valence-corrected chi connectivity index (χ0v) is 21.3. The molecule has 0 unspecified atom stereocenters. The Bertz CT molecular complexity index is 1490. The second-order valence-corrected chi connectivity index (χ2v) is 9.51. The van der Waals surface area contributed by atoms with Crippen LogP contribution in [-0.2, 0) is 16.1 Å². The minimum Gasteiger partial charge on any atom is -0.493 e. The summed E-state index contributed by atoms with van der Waals surface area (Å²) in [7, 11) is 1.47. The Kier molecular flexibility index (Phi) is 7.08. The second kappa shape index (κ2) is 10.6. The van der Waals surface area contributed by atoms with E-state index in [9.17, 15) is 14.4 Å². The van der Waals surface area contributed by atoms with Crippen molar-refractivity contribution in [3.63, 3.8) is 0 Å². The van der Waals surface area contributed by atoms with Crippen molar-refractivity contribution in [2.24, 2.45) is 5.73 Å². The number of nitrogens with two attached hydrogens (primary N) is 1. The Morgan fingerprint density at radius 3 is 2.58 bits per heavy atom. The third kappa shape index (κ3) is 4.71. The average molecular weight is 531 g/mol. The summed E-state index contributed by atoms with van der Waals surface area (Å²) in [6, 6.07) is 21.4. The highest BCUT2D eigenvalue weighted by molar-refractivity contribution is 6.31. The van der Waals surface area contributed by atoms with Gasteiger partial charge in [0.05, 0.1) is 18.1 Å². The number of nitrogens with zero attached hydrogens (tertiary/aromatic N) is 1. The summed E-state index contributed by atoms with van der Waals surface area (Å²) < 4.78 is 31.4. The molecule has 1 aliphatic carbocycles. The van der Waals surface area contributed by atoms with Crippen LogP contribution in [0.5, 0.6) is 11.5 Å². The predicted octanol–water partition coefficient (Wildman–Crippen LogP) is 6.28. The van der Waals surface area contributed by atoms with Crippen LogP contribution in [0.25, 0.3) is 0 Å². The number of carbonyl (C=O) groups is 1. The van der Waals surface area contributed by atoms with Crippen LogP contribution in [0.2, 0.25) is 5.02 Å². The number of hydrogen-bond donors (Lipinski definition) is 1. The van der Waals surface area contributed by atoms with Gasteiger partial charge in [-0.15, -0.1) is 0 Å². The van der Waals surface area contributed by atoms with Gasteiger partial charge in [0.1, 0.15) is 29.8 Å². The first kappa shape index (κ1) is 25.4. The van der Waals surface area contributed by atoms with Gasteiger partial charge in [0.2, 0.25) is 5.88 Å². The monoisotopic (exact) mass is 530 g/mol. The quantitative estimate of drug-likeness (QED) is 0.403. The molecular weight excluding hydrogens is 507 g/mol. The molecule has 8 heteroatoms. The summed E-state index contributed by atoms with van der Waals surface area (Å²) in [5.41, 5.74) is 8.66. The first-order valence-electron chi connectivity index (χ1n) is 12.0. The maximum atomic E-state index is 14.2. The maximum absolute atomic E-state index is 14.2. The Labute approximate surface area is 224 Å². The van der Waals surface area contributed by atoms with E-state index >= 15 is 0 Å². The van der Waals surface area contributed by atoms with Gasteiger partial charge in [-0.2, -0.15) is 5.26 Å². The van der Waals surface area contributed by atoms with Crippen LogP contribution in [0.4, 0.5) is 4.39 Å². The number of carbonyl (C=O) groups excluding carboxylic acids is 1. The molecule has 2 atom stereocenters. The second-order valence-electron chi connectivity index (χ2n) is 9.10. The SMILES string of the molecule is COc1cc([C@@H]2C(C#N)=C(N)OC3=C2C(=O)C[C@H](c2ccccc2)C3)ccc1OCc1c(F)cccc1Cl. The first-order valence-corrected chi connectivity index (χ1v) is 12.4. The van der Waals surface area contributed by atoms with Crippen LogP contribution in [0.1, 0.15) is 41.4 Å². The minimum absolute atomic E-state index is 0.0220. The van der Waals surface area contributed by atoms with Gasteiger partial charge >= 0.3 is 0 Å². The molecule has 1 heterocycles. The predicted molar refractivity (Wildman–Crippen MR) is 140 cm³/mol. The van der Waals surface area contributed by atoms with E-state index in [0.717, 1.165) is 5.56 Å². The Balaban J connectivity index is 1.49. The molecule has 0 aromatic heterocycles. The number of ether oxygens (including phenoxy) is 3. The van der Waals surface area contributed by atoms with Crippen molar-refractivity contribution in [3.05, 3.63) is 117 Å². The van der Waals surface area contributed by atoms with Gasteiger partial charge in [-0.3, -0.25) is 4.79 Å². The third-order valence-electron chi connectivity index (χ3n) is 6.89. The van der Waals surface area contributed by atoms with Crippen LogP contribution in [0.3, 0.4) is 0 Å². The number of allylic oxidation sites excluding steroid dienone is 3. The molecule has 3 aromatic carbocycles. The van der Waals surface area contributed by atoms with E-state index in [1.165, 1.54) is 19.2 Å². The molecule has 2 aliphatic rings. The van der Waals surface area contributed by atoms with Gasteiger partial charge < -0.3 is 19.9 Å². The molecule has 38 heavy (non-hydrogen) atoms. The molecule has 6 nitrogen and oxygen atoms in total. The topological polar surface area (TPSA) is 94.6 Å². The Morgan fingerprint density at radius 1 is 1.08 bits per heavy atom. The number of methoxy groups -OCH3 is 1. The normalized spacial score (nSPS) is 18.9. The lowest BCUT2D eigenvalue weighted by molar-refractivity contribution is -0.117. The molecule has 0 fully saturated rings. The van der Waals surface area contributed by atoms with Crippen molar-refractivity contribution < 1.29 is 23.4 Å². The van der Waals surface area contributed by atoms with E-state index < -0.39 is 11.7 Å². The standard InChI is InChI=1S/C30H24ClFN2O4/c1-36-26-13-18(10-11-25(26)37-16-21-22(31)8-5-9-23(21)32)28-20(15-33)30(34)38-27-14-19(12-24(35)29(27)28)17-6-3-2-4-7-17/h2-11,13,19,28H,12,14,16,34H2,1H3/t19-,28+/m0/s1. The van der Waals surface area contributed by atoms with Crippen molar-refractivity contribution in [2.45, 2.75) is 31.3 Å². The average Bonchev–Trinajstić information content (AvgIpc) is 2.92. The fourth-order valence-corrected chi connectivity index (χ4v) is 5.22. The van der Waals surface area contributed by atoms with Gasteiger partial charge in [0.15, 0.2) is 17.3 Å². The van der Waals surface area contributed by atoms with Gasteiger partial charge in [-0.1, -0.05) is 54.1 Å². The molecule has 5 rings (SSSR count). The van der Waals surface area contributed by atoms with Crippen molar-refractivity contribution in [2.75, 3.05) is 7.11 Å². The summed E-state index contributed by atoms with van der Waals surface area (Å²) in [4.78, 5) is 13.5. The minimum atomic E-state index is -0.711. The van der Waals surface area contributed by atoms with Crippen LogP contribution in [0.15, 0.2) is 89.5 Å². The highest BCUT2D eigenvalue weighted by atomic mass is 35.5. The molecule has 3 aromatic rings. The van der Waals surface area contributed by atoms with Crippen molar-refractivity contribution in [1.29, 1.82) is 5.26 Å². The number of halogens is 2. The molecule has 1 aliphatic heterocycles. The van der Waals surface area contributed by atoms with Crippen molar-refractivity contribution >= 4 is 17.4 Å². The molecule has 0 radical (unpaired) electrons. The molecule has 0 saturated heterocycles. The molecule has 0 amide bonds. The van der Waals surface area contributed by atoms with E-state index in [2.05, 4.69) is 6.07 Å². The number of benzene rings is 3. The molecule has 192 valence electrons. The fourth-order valence-electron chi connectivity index (χ4n) is 5.01. The zero-order valence-electron chi connectivity index (χ0n) is 20.5. The van der Waals surface area contributed by atoms with E-state index in [4.69, 9.17) is 31.5 Å². The molecule has 2 N–H and O–H groups in total. The van der Waals surface area contributed by atoms with E-state index in [1.54, 1.807) is 24.3 Å². The molecule has 0 spiro atoms. The van der Waals surface area contributed by atoms with E-state index in [-0.39, 0.29) is 40.4 Å². The van der Waals surface area contributed by atoms with Crippen molar-refractivity contribution in [3.8, 4) is 17.6 Å². The highest BCUT2D eigenvalue weighted by Gasteiger charge is 2.41. The van der Waals surface area contributed by atoms with Gasteiger partial charge in [-0.05, 0) is 41.3 Å². The summed E-state index contributed by atoms with van der Waals surface area (Å²) in [6.45, 7) is -0.108. The molecule has 0 bridgehead atoms. The largest absolute Gasteiger partial charge is 0.493 e. The van der Waals surface area contributed by atoms with Crippen LogP contribution in [0, 0.1) is 17.1 Å². The maximum Gasteiger partial charge on any atom is 0.205 e. The third-order valence-corrected chi connectivity index (χ3v) is 7.24. The smallest absolute Gasteiger partial charge is 0.205 e. The Hall–Kier alpha value is -4.28. The number of nitriles is 1. The van der Waals surface area contributed by atoms with E-state index in [1.807, 2.05) is 30.3 Å². The van der Waals surface area contributed by atoms with Gasteiger partial charge in [0.25, 0.3) is 0 Å². The molecule has 0 saturated carbocycles. The highest BCUT2D eigenvalue weighted by Crippen LogP contribution is 2.47. The van der Waals surface area contributed by atoms with Crippen LogP contribution >= 0.6 is 11.6 Å². The first-order chi connectivity index (χ1) is 18.4. The van der Waals surface area contributed by atoms with Crippen molar-refractivity contribution in [1.82, 2.24) is 0 Å². The summed E-state index contributed by atoms with van der Waals surface area (Å²) in [5, 5.41) is 10.2. The van der Waals surface area contributed by atoms with Gasteiger partial charge in [0, 0.05) is 24.0 Å². The Morgan fingerprint density at radius 2 is 1.87 bits per heavy atom. The number of Topliss-reactive ketones (excluding diaryl/α,β-unsaturated/α-hetero) is 1.